The molecule has 0 aliphatic carbocycles. The number of carbonyl (C=O) groups excluding carboxylic acids is 1. The Kier molecular flexibility index (Phi) is 6.59. The predicted octanol–water partition coefficient (Wildman–Crippen LogP) is 6.93. The van der Waals surface area contributed by atoms with Crippen molar-refractivity contribution in [3.8, 4) is 5.75 Å². The van der Waals surface area contributed by atoms with Crippen LogP contribution in [-0.2, 0) is 6.54 Å². The molecule has 0 N–H and O–H groups in total. The van der Waals surface area contributed by atoms with Gasteiger partial charge in [0.15, 0.2) is 5.43 Å². The molecule has 4 aromatic rings. The number of hydrogen-bond donors (Lipinski definition) is 0. The van der Waals surface area contributed by atoms with E-state index in [1.165, 1.54) is 0 Å². The molecule has 0 radical (unpaired) electrons. The fraction of sp³-hybridized carbons (Fsp3) is 0.267. The fourth-order valence-electron chi connectivity index (χ4n) is 4.58. The standard InChI is InChI=1S/C30H28ClNO4/c1-18(2)13-14-35-23-6-4-5-21(15-23)27-26-28(33)24-16-22(31)11-12-25(24)36-29(26)30(34)32(27)17-20-9-7-19(3)8-10-20/h4-12,15-16,18,27H,13-14,17H2,1-3H3. The molecule has 0 saturated carbocycles. The van der Waals surface area contributed by atoms with Gasteiger partial charge in [-0.2, -0.15) is 0 Å². The van der Waals surface area contributed by atoms with E-state index in [-0.39, 0.29) is 17.1 Å². The summed E-state index contributed by atoms with van der Waals surface area (Å²) >= 11 is 6.19. The molecule has 2 heterocycles. The van der Waals surface area contributed by atoms with Gasteiger partial charge in [0.1, 0.15) is 11.3 Å². The predicted molar refractivity (Wildman–Crippen MR) is 142 cm³/mol. The Morgan fingerprint density at radius 1 is 1.03 bits per heavy atom. The lowest BCUT2D eigenvalue weighted by Crippen LogP contribution is -2.29. The second kappa shape index (κ2) is 9.82. The number of rotatable bonds is 7. The summed E-state index contributed by atoms with van der Waals surface area (Å²) in [5.41, 5.74) is 3.34. The summed E-state index contributed by atoms with van der Waals surface area (Å²) in [5.74, 6) is 1.01. The molecule has 0 saturated heterocycles. The summed E-state index contributed by atoms with van der Waals surface area (Å²) in [6, 6.07) is 19.9. The van der Waals surface area contributed by atoms with Crippen molar-refractivity contribution in [2.75, 3.05) is 6.61 Å². The number of ether oxygens (including phenoxy) is 1. The Morgan fingerprint density at radius 2 is 1.81 bits per heavy atom. The third kappa shape index (κ3) is 4.63. The molecule has 0 fully saturated rings. The van der Waals surface area contributed by atoms with Crippen LogP contribution in [0.1, 0.15) is 59.1 Å². The second-order valence-electron chi connectivity index (χ2n) is 9.74. The van der Waals surface area contributed by atoms with Gasteiger partial charge >= 0.3 is 0 Å². The van der Waals surface area contributed by atoms with Crippen molar-refractivity contribution in [2.45, 2.75) is 39.8 Å². The van der Waals surface area contributed by atoms with Gasteiger partial charge in [0.05, 0.1) is 23.6 Å². The first-order chi connectivity index (χ1) is 17.3. The zero-order valence-corrected chi connectivity index (χ0v) is 21.3. The van der Waals surface area contributed by atoms with Gasteiger partial charge in [-0.05, 0) is 60.7 Å². The molecule has 184 valence electrons. The van der Waals surface area contributed by atoms with Crippen LogP contribution in [0.15, 0.2) is 75.9 Å². The van der Waals surface area contributed by atoms with Crippen molar-refractivity contribution in [3.63, 3.8) is 0 Å². The van der Waals surface area contributed by atoms with Gasteiger partial charge < -0.3 is 14.1 Å². The van der Waals surface area contributed by atoms with Crippen LogP contribution in [0.2, 0.25) is 5.02 Å². The lowest BCUT2D eigenvalue weighted by atomic mass is 9.98. The van der Waals surface area contributed by atoms with Crippen molar-refractivity contribution in [1.29, 1.82) is 0 Å². The lowest BCUT2D eigenvalue weighted by molar-refractivity contribution is 0.0714. The smallest absolute Gasteiger partial charge is 0.291 e. The maximum absolute atomic E-state index is 13.7. The van der Waals surface area contributed by atoms with Crippen LogP contribution in [0, 0.1) is 12.8 Å². The minimum absolute atomic E-state index is 0.0815. The van der Waals surface area contributed by atoms with E-state index >= 15 is 0 Å². The first-order valence-electron chi connectivity index (χ1n) is 12.2. The first-order valence-corrected chi connectivity index (χ1v) is 12.5. The van der Waals surface area contributed by atoms with Crippen molar-refractivity contribution in [2.24, 2.45) is 5.92 Å². The van der Waals surface area contributed by atoms with Crippen LogP contribution >= 0.6 is 11.6 Å². The molecule has 36 heavy (non-hydrogen) atoms. The van der Waals surface area contributed by atoms with E-state index in [1.54, 1.807) is 23.1 Å². The van der Waals surface area contributed by atoms with Crippen LogP contribution < -0.4 is 10.2 Å². The molecule has 0 spiro atoms. The van der Waals surface area contributed by atoms with Crippen LogP contribution in [-0.4, -0.2) is 17.4 Å². The van der Waals surface area contributed by atoms with E-state index in [1.807, 2.05) is 55.5 Å². The van der Waals surface area contributed by atoms with Gasteiger partial charge in [0.2, 0.25) is 5.76 Å². The number of halogens is 1. The van der Waals surface area contributed by atoms with Gasteiger partial charge in [0, 0.05) is 11.6 Å². The SMILES string of the molecule is Cc1ccc(CN2C(=O)c3oc4ccc(Cl)cc4c(=O)c3C2c2cccc(OCCC(C)C)c2)cc1. The normalized spacial score (nSPS) is 15.1. The Bertz CT molecular complexity index is 1490. The van der Waals surface area contributed by atoms with Gasteiger partial charge in [-0.1, -0.05) is 67.4 Å². The van der Waals surface area contributed by atoms with Crippen molar-refractivity contribution in [1.82, 2.24) is 4.90 Å². The Hall–Kier alpha value is -3.57. The zero-order valence-electron chi connectivity index (χ0n) is 20.6. The summed E-state index contributed by atoms with van der Waals surface area (Å²) in [6.45, 7) is 7.26. The maximum Gasteiger partial charge on any atom is 0.291 e. The number of amides is 1. The fourth-order valence-corrected chi connectivity index (χ4v) is 4.75. The molecule has 5 nitrogen and oxygen atoms in total. The number of fused-ring (bicyclic) bond motifs is 2. The highest BCUT2D eigenvalue weighted by molar-refractivity contribution is 6.31. The van der Waals surface area contributed by atoms with Gasteiger partial charge in [-0.3, -0.25) is 9.59 Å². The summed E-state index contributed by atoms with van der Waals surface area (Å²) < 4.78 is 12.0. The van der Waals surface area contributed by atoms with Crippen LogP contribution in [0.5, 0.6) is 5.75 Å². The van der Waals surface area contributed by atoms with Crippen LogP contribution in [0.3, 0.4) is 0 Å². The van der Waals surface area contributed by atoms with Gasteiger partial charge in [-0.25, -0.2) is 0 Å². The number of carbonyl (C=O) groups is 1. The van der Waals surface area contributed by atoms with Gasteiger partial charge in [-0.15, -0.1) is 0 Å². The number of aryl methyl sites for hydroxylation is 1. The Labute approximate surface area is 215 Å². The molecule has 1 aliphatic rings. The topological polar surface area (TPSA) is 59.8 Å². The average Bonchev–Trinajstić information content (AvgIpc) is 3.13. The average molecular weight is 502 g/mol. The number of hydrogen-bond acceptors (Lipinski definition) is 4. The summed E-state index contributed by atoms with van der Waals surface area (Å²) in [5, 5.41) is 0.799. The molecule has 6 heteroatoms. The highest BCUT2D eigenvalue weighted by Crippen LogP contribution is 2.40. The van der Waals surface area contributed by atoms with E-state index < -0.39 is 6.04 Å². The summed E-state index contributed by atoms with van der Waals surface area (Å²) in [6.07, 6.45) is 0.935. The molecular weight excluding hydrogens is 474 g/mol. The van der Waals surface area contributed by atoms with E-state index in [0.29, 0.717) is 46.4 Å². The monoisotopic (exact) mass is 501 g/mol. The summed E-state index contributed by atoms with van der Waals surface area (Å²) in [4.78, 5) is 29.1. The molecular formula is C30H28ClNO4. The van der Waals surface area contributed by atoms with Crippen LogP contribution in [0.4, 0.5) is 0 Å². The number of benzene rings is 3. The largest absolute Gasteiger partial charge is 0.494 e. The third-order valence-corrected chi connectivity index (χ3v) is 6.77. The van der Waals surface area contributed by atoms with Crippen molar-refractivity contribution < 1.29 is 13.9 Å². The molecule has 3 aromatic carbocycles. The Balaban J connectivity index is 1.62. The molecule has 1 unspecified atom stereocenters. The molecule has 1 aliphatic heterocycles. The molecule has 1 aromatic heterocycles. The quantitative estimate of drug-likeness (QED) is 0.275. The molecule has 0 bridgehead atoms. The molecule has 1 atom stereocenters. The van der Waals surface area contributed by atoms with Crippen molar-refractivity contribution >= 4 is 28.5 Å². The van der Waals surface area contributed by atoms with E-state index in [0.717, 1.165) is 23.1 Å². The zero-order chi connectivity index (χ0) is 25.4. The Morgan fingerprint density at radius 3 is 2.56 bits per heavy atom. The first kappa shape index (κ1) is 24.1. The number of nitrogens with zero attached hydrogens (tertiary/aromatic N) is 1. The second-order valence-corrected chi connectivity index (χ2v) is 10.2. The summed E-state index contributed by atoms with van der Waals surface area (Å²) in [7, 11) is 0. The van der Waals surface area contributed by atoms with E-state index in [9.17, 15) is 9.59 Å². The highest BCUT2D eigenvalue weighted by atomic mass is 35.5. The van der Waals surface area contributed by atoms with E-state index in [4.69, 9.17) is 20.8 Å². The minimum Gasteiger partial charge on any atom is -0.494 e. The van der Waals surface area contributed by atoms with E-state index in [2.05, 4.69) is 13.8 Å². The van der Waals surface area contributed by atoms with Gasteiger partial charge in [0.25, 0.3) is 5.91 Å². The third-order valence-electron chi connectivity index (χ3n) is 6.54. The van der Waals surface area contributed by atoms with Crippen LogP contribution in [0.25, 0.3) is 11.0 Å². The molecule has 5 rings (SSSR count). The maximum atomic E-state index is 13.7. The minimum atomic E-state index is -0.609. The van der Waals surface area contributed by atoms with Crippen molar-refractivity contribution in [3.05, 3.63) is 110 Å². The lowest BCUT2D eigenvalue weighted by Gasteiger charge is -2.25. The highest BCUT2D eigenvalue weighted by Gasteiger charge is 2.42. The molecule has 1 amide bonds.